The molecule has 1 N–H and O–H groups in total. The molecule has 7 heteroatoms. The predicted octanol–water partition coefficient (Wildman–Crippen LogP) is 2.77. The molecule has 116 valence electrons. The number of carbonyl (C=O) groups is 2. The number of benzene rings is 1. The molecular formula is C14H17ClO6. The van der Waals surface area contributed by atoms with Crippen molar-refractivity contribution in [2.24, 2.45) is 0 Å². The Morgan fingerprint density at radius 2 is 2.00 bits per heavy atom. The molecule has 1 rings (SSSR count). The number of hydrogen-bond acceptors (Lipinski definition) is 5. The minimum absolute atomic E-state index is 0.0339. The first-order valence-electron chi connectivity index (χ1n) is 6.38. The van der Waals surface area contributed by atoms with Crippen molar-refractivity contribution in [1.29, 1.82) is 0 Å². The molecule has 1 aromatic rings. The van der Waals surface area contributed by atoms with Crippen LogP contribution in [-0.4, -0.2) is 36.9 Å². The molecule has 0 saturated carbocycles. The zero-order chi connectivity index (χ0) is 16.0. The van der Waals surface area contributed by atoms with Crippen LogP contribution in [0.15, 0.2) is 12.1 Å². The third-order valence-electron chi connectivity index (χ3n) is 2.66. The zero-order valence-corrected chi connectivity index (χ0v) is 12.8. The topological polar surface area (TPSA) is 82.1 Å². The van der Waals surface area contributed by atoms with Gasteiger partial charge < -0.3 is 19.3 Å². The van der Waals surface area contributed by atoms with E-state index in [4.69, 9.17) is 30.9 Å². The number of rotatable bonds is 7. The molecule has 1 atom stereocenters. The first kappa shape index (κ1) is 17.1. The van der Waals surface area contributed by atoms with Crippen LogP contribution in [0.1, 0.15) is 30.6 Å². The van der Waals surface area contributed by atoms with Crippen molar-refractivity contribution in [3.63, 3.8) is 0 Å². The molecule has 0 aliphatic heterocycles. The summed E-state index contributed by atoms with van der Waals surface area (Å²) in [5, 5.41) is 9.03. The molecule has 0 aliphatic rings. The summed E-state index contributed by atoms with van der Waals surface area (Å²) < 4.78 is 15.5. The van der Waals surface area contributed by atoms with Gasteiger partial charge in [-0.15, -0.1) is 0 Å². The van der Waals surface area contributed by atoms with Gasteiger partial charge in [-0.2, -0.15) is 0 Å². The van der Waals surface area contributed by atoms with Gasteiger partial charge in [0.25, 0.3) is 0 Å². The molecule has 0 heterocycles. The fourth-order valence-electron chi connectivity index (χ4n) is 1.63. The highest BCUT2D eigenvalue weighted by molar-refractivity contribution is 6.32. The summed E-state index contributed by atoms with van der Waals surface area (Å²) in [7, 11) is 1.36. The van der Waals surface area contributed by atoms with E-state index in [2.05, 4.69) is 0 Å². The van der Waals surface area contributed by atoms with E-state index in [9.17, 15) is 9.59 Å². The molecule has 6 nitrogen and oxygen atoms in total. The van der Waals surface area contributed by atoms with Crippen molar-refractivity contribution in [2.75, 3.05) is 13.7 Å². The van der Waals surface area contributed by atoms with Gasteiger partial charge in [-0.25, -0.2) is 9.59 Å². The Kier molecular flexibility index (Phi) is 6.30. The lowest BCUT2D eigenvalue weighted by Gasteiger charge is -2.19. The average molecular weight is 317 g/mol. The number of aromatic carboxylic acids is 1. The number of esters is 1. The fourth-order valence-corrected chi connectivity index (χ4v) is 1.89. The molecule has 1 aromatic carbocycles. The highest BCUT2D eigenvalue weighted by atomic mass is 35.5. The van der Waals surface area contributed by atoms with E-state index in [0.29, 0.717) is 6.42 Å². The zero-order valence-electron chi connectivity index (χ0n) is 12.0. The maximum atomic E-state index is 11.7. The SMILES string of the molecule is CCOC(=O)C(CC)Oc1c(Cl)cc(C(=O)O)cc1OC. The lowest BCUT2D eigenvalue weighted by atomic mass is 10.2. The van der Waals surface area contributed by atoms with Crippen LogP contribution in [0.4, 0.5) is 0 Å². The van der Waals surface area contributed by atoms with Crippen molar-refractivity contribution < 1.29 is 28.9 Å². The summed E-state index contributed by atoms with van der Waals surface area (Å²) in [6, 6.07) is 2.51. The van der Waals surface area contributed by atoms with E-state index in [1.54, 1.807) is 13.8 Å². The number of carboxylic acids is 1. The van der Waals surface area contributed by atoms with E-state index < -0.39 is 18.0 Å². The largest absolute Gasteiger partial charge is 0.493 e. The molecule has 21 heavy (non-hydrogen) atoms. The second-order valence-electron chi connectivity index (χ2n) is 4.06. The molecule has 0 aromatic heterocycles. The van der Waals surface area contributed by atoms with E-state index in [-0.39, 0.29) is 28.7 Å². The van der Waals surface area contributed by atoms with E-state index in [1.165, 1.54) is 19.2 Å². The van der Waals surface area contributed by atoms with Crippen LogP contribution in [0, 0.1) is 0 Å². The van der Waals surface area contributed by atoms with E-state index in [1.807, 2.05) is 0 Å². The number of methoxy groups -OCH3 is 1. The lowest BCUT2D eigenvalue weighted by Crippen LogP contribution is -2.29. The first-order chi connectivity index (χ1) is 9.94. The second kappa shape index (κ2) is 7.73. The molecule has 1 unspecified atom stereocenters. The highest BCUT2D eigenvalue weighted by Gasteiger charge is 2.24. The fraction of sp³-hybridized carbons (Fsp3) is 0.429. The Morgan fingerprint density at radius 1 is 1.33 bits per heavy atom. The van der Waals surface area contributed by atoms with Crippen LogP contribution in [-0.2, 0) is 9.53 Å². The molecule has 0 amide bonds. The molecule has 0 fully saturated rings. The summed E-state index contributed by atoms with van der Waals surface area (Å²) in [4.78, 5) is 22.7. The Labute approximate surface area is 127 Å². The number of halogens is 1. The summed E-state index contributed by atoms with van der Waals surface area (Å²) in [5.74, 6) is -1.40. The normalized spacial score (nSPS) is 11.6. The van der Waals surface area contributed by atoms with Crippen LogP contribution in [0.5, 0.6) is 11.5 Å². The standard InChI is InChI=1S/C14H17ClO6/c1-4-10(14(18)20-5-2)21-12-9(15)6-8(13(16)17)7-11(12)19-3/h6-7,10H,4-5H2,1-3H3,(H,16,17). The molecule has 0 aliphatic carbocycles. The summed E-state index contributed by atoms with van der Waals surface area (Å²) in [6.45, 7) is 3.69. The van der Waals surface area contributed by atoms with Crippen LogP contribution >= 0.6 is 11.6 Å². The van der Waals surface area contributed by atoms with Crippen LogP contribution in [0.3, 0.4) is 0 Å². The van der Waals surface area contributed by atoms with Gasteiger partial charge in [0, 0.05) is 0 Å². The number of hydrogen-bond donors (Lipinski definition) is 1. The van der Waals surface area contributed by atoms with Gasteiger partial charge in [-0.3, -0.25) is 0 Å². The van der Waals surface area contributed by atoms with E-state index >= 15 is 0 Å². The van der Waals surface area contributed by atoms with Gasteiger partial charge in [0.05, 0.1) is 24.3 Å². The quantitative estimate of drug-likeness (QED) is 0.779. The van der Waals surface area contributed by atoms with Gasteiger partial charge in [-0.05, 0) is 25.5 Å². The van der Waals surface area contributed by atoms with Gasteiger partial charge in [0.15, 0.2) is 17.6 Å². The highest BCUT2D eigenvalue weighted by Crippen LogP contribution is 2.37. The summed E-state index contributed by atoms with van der Waals surface area (Å²) in [5.41, 5.74) is -0.0339. The summed E-state index contributed by atoms with van der Waals surface area (Å²) in [6.07, 6.45) is -0.467. The Balaban J connectivity index is 3.11. The van der Waals surface area contributed by atoms with Gasteiger partial charge in [-0.1, -0.05) is 18.5 Å². The summed E-state index contributed by atoms with van der Waals surface area (Å²) >= 11 is 6.02. The van der Waals surface area contributed by atoms with Gasteiger partial charge in [0.1, 0.15) is 0 Å². The Bertz CT molecular complexity index is 528. The second-order valence-corrected chi connectivity index (χ2v) is 4.47. The van der Waals surface area contributed by atoms with E-state index in [0.717, 1.165) is 0 Å². The molecule has 0 spiro atoms. The predicted molar refractivity (Wildman–Crippen MR) is 76.3 cm³/mol. The number of carboxylic acid groups (broad SMARTS) is 1. The third-order valence-corrected chi connectivity index (χ3v) is 2.94. The smallest absolute Gasteiger partial charge is 0.347 e. The molecular weight excluding hydrogens is 300 g/mol. The Hall–Kier alpha value is -1.95. The molecule has 0 radical (unpaired) electrons. The van der Waals surface area contributed by atoms with Crippen molar-refractivity contribution in [2.45, 2.75) is 26.4 Å². The van der Waals surface area contributed by atoms with Crippen LogP contribution < -0.4 is 9.47 Å². The van der Waals surface area contributed by atoms with Crippen molar-refractivity contribution in [3.8, 4) is 11.5 Å². The number of carbonyl (C=O) groups excluding carboxylic acids is 1. The third kappa shape index (κ3) is 4.26. The van der Waals surface area contributed by atoms with Crippen molar-refractivity contribution in [1.82, 2.24) is 0 Å². The van der Waals surface area contributed by atoms with Gasteiger partial charge >= 0.3 is 11.9 Å². The average Bonchev–Trinajstić information content (AvgIpc) is 2.45. The van der Waals surface area contributed by atoms with Crippen molar-refractivity contribution in [3.05, 3.63) is 22.7 Å². The monoisotopic (exact) mass is 316 g/mol. The first-order valence-corrected chi connectivity index (χ1v) is 6.76. The maximum absolute atomic E-state index is 11.7. The van der Waals surface area contributed by atoms with Crippen LogP contribution in [0.25, 0.3) is 0 Å². The molecule has 0 bridgehead atoms. The lowest BCUT2D eigenvalue weighted by molar-refractivity contribution is -0.151. The van der Waals surface area contributed by atoms with Crippen molar-refractivity contribution >= 4 is 23.5 Å². The Morgan fingerprint density at radius 3 is 2.48 bits per heavy atom. The molecule has 0 saturated heterocycles. The number of ether oxygens (including phenoxy) is 3. The minimum Gasteiger partial charge on any atom is -0.493 e. The van der Waals surface area contributed by atoms with Crippen LogP contribution in [0.2, 0.25) is 5.02 Å². The maximum Gasteiger partial charge on any atom is 0.347 e. The van der Waals surface area contributed by atoms with Gasteiger partial charge in [0.2, 0.25) is 0 Å². The minimum atomic E-state index is -1.14.